The van der Waals surface area contributed by atoms with E-state index >= 15 is 0 Å². The molecule has 0 aliphatic heterocycles. The molecule has 1 aromatic carbocycles. The fourth-order valence-corrected chi connectivity index (χ4v) is 2.27. The number of hydrogen-bond acceptors (Lipinski definition) is 4. The summed E-state index contributed by atoms with van der Waals surface area (Å²) in [4.78, 5) is 14.5. The number of carbonyl (C=O) groups excluding carboxylic acids is 1. The Kier molecular flexibility index (Phi) is 3.53. The van der Waals surface area contributed by atoms with Crippen molar-refractivity contribution in [1.29, 1.82) is 0 Å². The van der Waals surface area contributed by atoms with Crippen LogP contribution in [0.15, 0.2) is 35.7 Å². The standard InChI is InChI=1S/C13H15N3OS/c1-16(2)10-5-3-4-9(8-10)15-13(17)12-11(14)6-7-18-12/h3-8H,14H2,1-2H3,(H,15,17). The number of hydrogen-bond donors (Lipinski definition) is 2. The average molecular weight is 261 g/mol. The molecule has 0 aliphatic carbocycles. The summed E-state index contributed by atoms with van der Waals surface area (Å²) < 4.78 is 0. The Labute approximate surface area is 110 Å². The monoisotopic (exact) mass is 261 g/mol. The minimum atomic E-state index is -0.168. The summed E-state index contributed by atoms with van der Waals surface area (Å²) in [5.41, 5.74) is 8.03. The molecule has 18 heavy (non-hydrogen) atoms. The van der Waals surface area contributed by atoms with Crippen LogP contribution in [0.4, 0.5) is 17.1 Å². The summed E-state index contributed by atoms with van der Waals surface area (Å²) >= 11 is 1.34. The molecule has 1 aromatic heterocycles. The van der Waals surface area contributed by atoms with Gasteiger partial charge in [0.2, 0.25) is 0 Å². The Hall–Kier alpha value is -2.01. The third-order valence-electron chi connectivity index (χ3n) is 2.52. The molecule has 4 nitrogen and oxygen atoms in total. The maximum absolute atomic E-state index is 12.0. The molecule has 0 saturated heterocycles. The predicted octanol–water partition coefficient (Wildman–Crippen LogP) is 2.65. The molecular weight excluding hydrogens is 246 g/mol. The van der Waals surface area contributed by atoms with E-state index < -0.39 is 0 Å². The van der Waals surface area contributed by atoms with Gasteiger partial charge in [-0.05, 0) is 29.6 Å². The molecule has 0 saturated carbocycles. The number of nitrogens with two attached hydrogens (primary N) is 1. The van der Waals surface area contributed by atoms with Gasteiger partial charge in [0.1, 0.15) is 4.88 Å². The van der Waals surface area contributed by atoms with Crippen molar-refractivity contribution in [3.05, 3.63) is 40.6 Å². The molecule has 2 rings (SSSR count). The zero-order valence-corrected chi connectivity index (χ0v) is 11.1. The molecule has 5 heteroatoms. The van der Waals surface area contributed by atoms with Gasteiger partial charge in [-0.2, -0.15) is 0 Å². The quantitative estimate of drug-likeness (QED) is 0.893. The summed E-state index contributed by atoms with van der Waals surface area (Å²) in [6.07, 6.45) is 0. The molecule has 0 atom stereocenters. The van der Waals surface area contributed by atoms with Crippen LogP contribution in [-0.2, 0) is 0 Å². The highest BCUT2D eigenvalue weighted by Crippen LogP contribution is 2.22. The molecular formula is C13H15N3OS. The van der Waals surface area contributed by atoms with E-state index in [2.05, 4.69) is 5.32 Å². The fraction of sp³-hybridized carbons (Fsp3) is 0.154. The number of amides is 1. The number of nitrogen functional groups attached to an aromatic ring is 1. The second-order valence-electron chi connectivity index (χ2n) is 4.10. The average Bonchev–Trinajstić information content (AvgIpc) is 2.76. The topological polar surface area (TPSA) is 58.4 Å². The van der Waals surface area contributed by atoms with Gasteiger partial charge in [0, 0.05) is 25.5 Å². The number of anilines is 3. The van der Waals surface area contributed by atoms with E-state index in [1.807, 2.05) is 43.3 Å². The maximum Gasteiger partial charge on any atom is 0.267 e. The highest BCUT2D eigenvalue weighted by molar-refractivity contribution is 7.12. The van der Waals surface area contributed by atoms with Crippen molar-refractivity contribution in [3.63, 3.8) is 0 Å². The second kappa shape index (κ2) is 5.10. The first-order chi connectivity index (χ1) is 8.58. The lowest BCUT2D eigenvalue weighted by Gasteiger charge is -2.13. The van der Waals surface area contributed by atoms with Crippen molar-refractivity contribution in [3.8, 4) is 0 Å². The van der Waals surface area contributed by atoms with Crippen LogP contribution < -0.4 is 16.0 Å². The highest BCUT2D eigenvalue weighted by Gasteiger charge is 2.11. The summed E-state index contributed by atoms with van der Waals surface area (Å²) in [6, 6.07) is 9.39. The lowest BCUT2D eigenvalue weighted by Crippen LogP contribution is -2.13. The Morgan fingerprint density at radius 3 is 2.72 bits per heavy atom. The van der Waals surface area contributed by atoms with Crippen molar-refractivity contribution in [2.24, 2.45) is 0 Å². The highest BCUT2D eigenvalue weighted by atomic mass is 32.1. The van der Waals surface area contributed by atoms with E-state index in [0.29, 0.717) is 10.6 Å². The summed E-state index contributed by atoms with van der Waals surface area (Å²) in [5.74, 6) is -0.168. The first-order valence-electron chi connectivity index (χ1n) is 5.49. The number of nitrogens with one attached hydrogen (secondary N) is 1. The van der Waals surface area contributed by atoms with Gasteiger partial charge in [0.25, 0.3) is 5.91 Å². The molecule has 3 N–H and O–H groups in total. The normalized spacial score (nSPS) is 10.1. The largest absolute Gasteiger partial charge is 0.397 e. The van der Waals surface area contributed by atoms with Gasteiger partial charge < -0.3 is 16.0 Å². The number of carbonyl (C=O) groups is 1. The molecule has 0 aliphatic rings. The van der Waals surface area contributed by atoms with Crippen LogP contribution >= 0.6 is 11.3 Å². The van der Waals surface area contributed by atoms with Crippen LogP contribution in [0.3, 0.4) is 0 Å². The Morgan fingerprint density at radius 1 is 1.33 bits per heavy atom. The molecule has 0 radical (unpaired) electrons. The Balaban J connectivity index is 2.17. The van der Waals surface area contributed by atoms with Crippen LogP contribution in [0, 0.1) is 0 Å². The van der Waals surface area contributed by atoms with Gasteiger partial charge in [-0.3, -0.25) is 4.79 Å². The van der Waals surface area contributed by atoms with Gasteiger partial charge >= 0.3 is 0 Å². The van der Waals surface area contributed by atoms with Gasteiger partial charge in [-0.15, -0.1) is 11.3 Å². The summed E-state index contributed by atoms with van der Waals surface area (Å²) in [6.45, 7) is 0. The van der Waals surface area contributed by atoms with E-state index in [0.717, 1.165) is 11.4 Å². The summed E-state index contributed by atoms with van der Waals surface area (Å²) in [5, 5.41) is 4.65. The Morgan fingerprint density at radius 2 is 2.11 bits per heavy atom. The van der Waals surface area contributed by atoms with Gasteiger partial charge in [0.15, 0.2) is 0 Å². The van der Waals surface area contributed by atoms with Crippen LogP contribution in [0.2, 0.25) is 0 Å². The lowest BCUT2D eigenvalue weighted by molar-refractivity contribution is 0.103. The SMILES string of the molecule is CN(C)c1cccc(NC(=O)c2sccc2N)c1. The maximum atomic E-state index is 12.0. The second-order valence-corrected chi connectivity index (χ2v) is 5.02. The lowest BCUT2D eigenvalue weighted by atomic mass is 10.2. The third kappa shape index (κ3) is 2.62. The molecule has 2 aromatic rings. The molecule has 0 fully saturated rings. The van der Waals surface area contributed by atoms with Crippen molar-refractivity contribution >= 4 is 34.3 Å². The van der Waals surface area contributed by atoms with E-state index in [1.54, 1.807) is 11.4 Å². The van der Waals surface area contributed by atoms with E-state index in [-0.39, 0.29) is 5.91 Å². The predicted molar refractivity (Wildman–Crippen MR) is 77.5 cm³/mol. The van der Waals surface area contributed by atoms with Crippen molar-refractivity contribution in [2.45, 2.75) is 0 Å². The van der Waals surface area contributed by atoms with Crippen LogP contribution in [0.1, 0.15) is 9.67 Å². The molecule has 1 amide bonds. The number of rotatable bonds is 3. The van der Waals surface area contributed by atoms with Crippen LogP contribution in [0.5, 0.6) is 0 Å². The van der Waals surface area contributed by atoms with Crippen LogP contribution in [-0.4, -0.2) is 20.0 Å². The smallest absolute Gasteiger partial charge is 0.267 e. The fourth-order valence-electron chi connectivity index (χ4n) is 1.55. The van der Waals surface area contributed by atoms with Crippen molar-refractivity contribution in [1.82, 2.24) is 0 Å². The molecule has 0 unspecified atom stereocenters. The zero-order valence-electron chi connectivity index (χ0n) is 10.3. The van der Waals surface area contributed by atoms with E-state index in [9.17, 15) is 4.79 Å². The van der Waals surface area contributed by atoms with Crippen molar-refractivity contribution < 1.29 is 4.79 Å². The van der Waals surface area contributed by atoms with Gasteiger partial charge in [-0.25, -0.2) is 0 Å². The van der Waals surface area contributed by atoms with Crippen molar-refractivity contribution in [2.75, 3.05) is 30.0 Å². The number of nitrogens with zero attached hydrogens (tertiary/aromatic N) is 1. The minimum Gasteiger partial charge on any atom is -0.397 e. The number of thiophene rings is 1. The molecule has 1 heterocycles. The first-order valence-corrected chi connectivity index (χ1v) is 6.37. The Bertz CT molecular complexity index is 563. The minimum absolute atomic E-state index is 0.168. The van der Waals surface area contributed by atoms with Crippen LogP contribution in [0.25, 0.3) is 0 Å². The summed E-state index contributed by atoms with van der Waals surface area (Å²) in [7, 11) is 3.91. The molecule has 0 spiro atoms. The first kappa shape index (κ1) is 12.4. The van der Waals surface area contributed by atoms with Gasteiger partial charge in [-0.1, -0.05) is 6.07 Å². The number of benzene rings is 1. The third-order valence-corrected chi connectivity index (χ3v) is 3.45. The van der Waals surface area contributed by atoms with Gasteiger partial charge in [0.05, 0.1) is 5.69 Å². The molecule has 0 bridgehead atoms. The molecule has 94 valence electrons. The zero-order chi connectivity index (χ0) is 13.1. The van der Waals surface area contributed by atoms with E-state index in [4.69, 9.17) is 5.73 Å². The van der Waals surface area contributed by atoms with E-state index in [1.165, 1.54) is 11.3 Å².